The molecule has 78 heavy (non-hydrogen) atoms. The Kier molecular flexibility index (Phi) is 20.8. The standard InChI is InChI=1S/C58H66N2O14S4/c1-33(2)51(65)69-23-25-71-53(67)42(54(68)72-26-24-70-52(66)34(3)4)56-77-47-43(73-39(61)27-35(5)29-57(7,8)9)45-46(44(48(47)78-56)74-40(62)28-36(6)30-58(10,11)12)76-55(75-45)41-49(63)59(31-37-19-15-13-16-20-37)60(50(41)64)32-38-21-17-14-18-22-38/h13-22,35-36H,1,3,23-32H2,2,4-12H3. The van der Waals surface area contributed by atoms with Crippen molar-refractivity contribution in [3.8, 4) is 11.5 Å². The number of hydrogen-bond acceptors (Lipinski definition) is 18. The molecule has 0 aliphatic carbocycles. The Hall–Kier alpha value is -6.22. The van der Waals surface area contributed by atoms with Gasteiger partial charge in [-0.15, -0.1) is 0 Å². The van der Waals surface area contributed by atoms with Crippen LogP contribution in [0, 0.1) is 22.7 Å². The largest absolute Gasteiger partial charge is 0.459 e. The molecule has 20 heteroatoms. The van der Waals surface area contributed by atoms with E-state index in [-0.39, 0.29) is 118 Å². The van der Waals surface area contributed by atoms with Gasteiger partial charge in [0.1, 0.15) is 32.0 Å². The zero-order valence-electron chi connectivity index (χ0n) is 45.7. The highest BCUT2D eigenvalue weighted by atomic mass is 32.2. The maximum Gasteiger partial charge on any atom is 0.347 e. The second kappa shape index (κ2) is 26.6. The molecule has 3 aliphatic rings. The quantitative estimate of drug-likeness (QED) is 0.0175. The second-order valence-corrected chi connectivity index (χ2v) is 26.2. The van der Waals surface area contributed by atoms with Crippen LogP contribution in [0.5, 0.6) is 11.5 Å². The first-order valence-electron chi connectivity index (χ1n) is 25.3. The topological polar surface area (TPSA) is 198 Å². The van der Waals surface area contributed by atoms with Crippen LogP contribution >= 0.6 is 47.0 Å². The SMILES string of the molecule is C=C(C)C(=O)OCCOC(=O)C(C(=O)OCCOC(=O)C(=C)C)=C1Sc2c(OC(=O)CC(C)CC(C)(C)C)c3c(c(OC(=O)CC(C)CC(C)(C)C)c2S1)SC(=C1C(=O)N(Cc2ccccc2)N(Cc2ccccc2)C1=O)S3. The van der Waals surface area contributed by atoms with Gasteiger partial charge >= 0.3 is 35.8 Å². The molecule has 0 N–H and O–H groups in total. The minimum absolute atomic E-state index is 0.00878. The lowest BCUT2D eigenvalue weighted by atomic mass is 9.84. The molecule has 2 unspecified atom stereocenters. The molecule has 2 atom stereocenters. The molecular formula is C58H66N2O14S4. The zero-order chi connectivity index (χ0) is 57.2. The van der Waals surface area contributed by atoms with Crippen molar-refractivity contribution in [3.63, 3.8) is 0 Å². The molecule has 6 rings (SSSR count). The van der Waals surface area contributed by atoms with E-state index < -0.39 is 66.4 Å². The van der Waals surface area contributed by atoms with Crippen molar-refractivity contribution < 1.29 is 66.8 Å². The van der Waals surface area contributed by atoms with Gasteiger partial charge in [-0.25, -0.2) is 29.2 Å². The van der Waals surface area contributed by atoms with Crippen molar-refractivity contribution in [1.29, 1.82) is 0 Å². The Labute approximate surface area is 472 Å². The van der Waals surface area contributed by atoms with Gasteiger partial charge in [0, 0.05) is 24.0 Å². The molecule has 0 aromatic heterocycles. The smallest absolute Gasteiger partial charge is 0.347 e. The Balaban J connectivity index is 1.51. The summed E-state index contributed by atoms with van der Waals surface area (Å²) in [5.41, 5.74) is 0.770. The van der Waals surface area contributed by atoms with Gasteiger partial charge in [-0.3, -0.25) is 19.2 Å². The summed E-state index contributed by atoms with van der Waals surface area (Å²) in [7, 11) is 0. The molecule has 0 saturated carbocycles. The number of amides is 2. The highest BCUT2D eigenvalue weighted by Crippen LogP contribution is 2.69. The number of esters is 6. The van der Waals surface area contributed by atoms with E-state index in [2.05, 4.69) is 54.7 Å². The number of nitrogens with zero attached hydrogens (tertiary/aromatic N) is 2. The minimum Gasteiger partial charge on any atom is -0.459 e. The van der Waals surface area contributed by atoms with Gasteiger partial charge in [-0.2, -0.15) is 0 Å². The van der Waals surface area contributed by atoms with Crippen LogP contribution in [0.1, 0.15) is 106 Å². The average Bonchev–Trinajstić information content (AvgIpc) is 4.15. The first kappa shape index (κ1) is 61.0. The summed E-state index contributed by atoms with van der Waals surface area (Å²) in [4.78, 5) is 112. The second-order valence-electron chi connectivity index (χ2n) is 21.6. The van der Waals surface area contributed by atoms with Crippen molar-refractivity contribution in [2.75, 3.05) is 26.4 Å². The number of fused-ring (bicyclic) bond motifs is 2. The molecule has 3 aromatic carbocycles. The number of benzene rings is 3. The first-order chi connectivity index (χ1) is 36.7. The normalized spacial score (nSPS) is 14.8. The van der Waals surface area contributed by atoms with Crippen LogP contribution in [-0.4, -0.2) is 84.1 Å². The van der Waals surface area contributed by atoms with E-state index in [1.807, 2.05) is 74.5 Å². The van der Waals surface area contributed by atoms with Crippen LogP contribution in [0.15, 0.2) is 124 Å². The van der Waals surface area contributed by atoms with Gasteiger partial charge in [0.2, 0.25) is 0 Å². The van der Waals surface area contributed by atoms with Crippen molar-refractivity contribution in [2.24, 2.45) is 22.7 Å². The Morgan fingerprint density at radius 3 is 1.19 bits per heavy atom. The summed E-state index contributed by atoms with van der Waals surface area (Å²) in [6.45, 7) is 24.7. The van der Waals surface area contributed by atoms with Crippen LogP contribution in [-0.2, 0) is 70.4 Å². The lowest BCUT2D eigenvalue weighted by molar-refractivity contribution is -0.153. The molecule has 1 fully saturated rings. The minimum atomic E-state index is -1.18. The van der Waals surface area contributed by atoms with Gasteiger partial charge in [0.25, 0.3) is 11.8 Å². The molecule has 3 heterocycles. The van der Waals surface area contributed by atoms with Crippen LogP contribution < -0.4 is 9.47 Å². The van der Waals surface area contributed by atoms with Crippen LogP contribution in [0.3, 0.4) is 0 Å². The predicted octanol–water partition coefficient (Wildman–Crippen LogP) is 11.6. The molecule has 3 aliphatic heterocycles. The molecule has 1 saturated heterocycles. The third-order valence-corrected chi connectivity index (χ3v) is 16.7. The lowest BCUT2D eigenvalue weighted by Gasteiger charge is -2.27. The van der Waals surface area contributed by atoms with Crippen molar-refractivity contribution >= 4 is 94.7 Å². The number of hydrazine groups is 1. The van der Waals surface area contributed by atoms with Crippen molar-refractivity contribution in [2.45, 2.75) is 128 Å². The number of carbonyl (C=O) groups is 8. The molecule has 0 bridgehead atoms. The molecule has 0 radical (unpaired) electrons. The van der Waals surface area contributed by atoms with Crippen LogP contribution in [0.4, 0.5) is 0 Å². The fourth-order valence-corrected chi connectivity index (χ4v) is 14.1. The van der Waals surface area contributed by atoms with E-state index in [0.717, 1.165) is 58.2 Å². The van der Waals surface area contributed by atoms with E-state index in [4.69, 9.17) is 28.4 Å². The number of carbonyl (C=O) groups excluding carboxylic acids is 8. The van der Waals surface area contributed by atoms with E-state index in [0.29, 0.717) is 12.8 Å². The van der Waals surface area contributed by atoms with Crippen LogP contribution in [0.2, 0.25) is 0 Å². The Morgan fingerprint density at radius 2 is 0.859 bits per heavy atom. The predicted molar refractivity (Wildman–Crippen MR) is 298 cm³/mol. The summed E-state index contributed by atoms with van der Waals surface area (Å²) in [6, 6.07) is 18.5. The van der Waals surface area contributed by atoms with Crippen molar-refractivity contribution in [1.82, 2.24) is 10.0 Å². The van der Waals surface area contributed by atoms with E-state index >= 15 is 0 Å². The maximum absolute atomic E-state index is 14.9. The third kappa shape index (κ3) is 16.4. The molecule has 16 nitrogen and oxygen atoms in total. The van der Waals surface area contributed by atoms with Gasteiger partial charge < -0.3 is 28.4 Å². The first-order valence-corrected chi connectivity index (χ1v) is 28.5. The fraction of sp³-hybridized carbons (Fsp3) is 0.414. The summed E-state index contributed by atoms with van der Waals surface area (Å²) in [6.07, 6.45) is 1.33. The highest BCUT2D eigenvalue weighted by Gasteiger charge is 2.47. The van der Waals surface area contributed by atoms with E-state index in [9.17, 15) is 38.4 Å². The van der Waals surface area contributed by atoms with Gasteiger partial charge in [-0.05, 0) is 60.5 Å². The number of thioether (sulfide) groups is 4. The lowest BCUT2D eigenvalue weighted by Crippen LogP contribution is -2.39. The monoisotopic (exact) mass is 1140 g/mol. The number of hydrogen-bond donors (Lipinski definition) is 0. The summed E-state index contributed by atoms with van der Waals surface area (Å²) in [5, 5.41) is 2.81. The molecule has 0 spiro atoms. The Morgan fingerprint density at radius 1 is 0.526 bits per heavy atom. The number of ether oxygens (including phenoxy) is 6. The van der Waals surface area contributed by atoms with Gasteiger partial charge in [-0.1, -0.05) is 176 Å². The van der Waals surface area contributed by atoms with Gasteiger partial charge in [0.15, 0.2) is 17.1 Å². The zero-order valence-corrected chi connectivity index (χ0v) is 48.9. The Bertz CT molecular complexity index is 2750. The molecule has 2 amide bonds. The van der Waals surface area contributed by atoms with Crippen molar-refractivity contribution in [3.05, 3.63) is 116 Å². The molecule has 3 aromatic rings. The summed E-state index contributed by atoms with van der Waals surface area (Å²) in [5.74, 6) is -6.50. The van der Waals surface area contributed by atoms with Gasteiger partial charge in [0.05, 0.1) is 41.1 Å². The highest BCUT2D eigenvalue weighted by molar-refractivity contribution is 8.26. The fourth-order valence-electron chi connectivity index (χ4n) is 8.66. The molecule has 416 valence electrons. The molecular weight excluding hydrogens is 1080 g/mol. The average molecular weight is 1140 g/mol. The summed E-state index contributed by atoms with van der Waals surface area (Å²) >= 11 is 3.71. The van der Waals surface area contributed by atoms with Crippen LogP contribution in [0.25, 0.3) is 0 Å². The van der Waals surface area contributed by atoms with E-state index in [1.165, 1.54) is 23.9 Å². The summed E-state index contributed by atoms with van der Waals surface area (Å²) < 4.78 is 34.2. The third-order valence-electron chi connectivity index (χ3n) is 11.6. The number of rotatable bonds is 22. The van der Waals surface area contributed by atoms with E-state index in [1.54, 1.807) is 0 Å². The maximum atomic E-state index is 14.9.